The van der Waals surface area contributed by atoms with Gasteiger partial charge < -0.3 is 28.3 Å². The van der Waals surface area contributed by atoms with Crippen molar-refractivity contribution < 1.29 is 22.5 Å². The van der Waals surface area contributed by atoms with E-state index in [2.05, 4.69) is 29.2 Å². The van der Waals surface area contributed by atoms with Gasteiger partial charge in [-0.2, -0.15) is 0 Å². The minimum absolute atomic E-state index is 0.00274. The van der Waals surface area contributed by atoms with Crippen LogP contribution in [-0.2, 0) is 11.3 Å². The Balaban J connectivity index is 1.20. The number of amides is 1. The average Bonchev–Trinajstić information content (AvgIpc) is 3.19. The molecule has 2 aliphatic rings. The van der Waals surface area contributed by atoms with Crippen molar-refractivity contribution in [1.29, 1.82) is 0 Å². The van der Waals surface area contributed by atoms with Gasteiger partial charge in [0.2, 0.25) is 0 Å². The Morgan fingerprint density at radius 3 is 2.08 bits per heavy atom. The topological polar surface area (TPSA) is 58.8 Å². The minimum Gasteiger partial charge on any atom is -0.448 e. The molecule has 194 valence electrons. The summed E-state index contributed by atoms with van der Waals surface area (Å²) in [7, 11) is 0. The summed E-state index contributed by atoms with van der Waals surface area (Å²) >= 11 is 0. The quantitative estimate of drug-likeness (QED) is 0.389. The molecule has 2 N–H and O–H groups in total. The van der Waals surface area contributed by atoms with E-state index in [4.69, 9.17) is 10.5 Å². The number of hydrogen-bond acceptors (Lipinski definition) is 4. The third kappa shape index (κ3) is 4.80. The molecule has 1 aliphatic heterocycles. The molecule has 1 fully saturated rings. The van der Waals surface area contributed by atoms with Crippen LogP contribution in [0.5, 0.6) is 0 Å². The number of nitrogens with zero attached hydrogens (tertiary/aromatic N) is 2. The molecule has 1 amide bonds. The molecule has 1 heterocycles. The fourth-order valence-corrected chi connectivity index (χ4v) is 5.68. The first kappa shape index (κ1) is 25.2. The number of hydrogen-bond donors (Lipinski definition) is 1. The molecule has 1 saturated heterocycles. The van der Waals surface area contributed by atoms with Gasteiger partial charge in [-0.1, -0.05) is 59.7 Å². The zero-order valence-electron chi connectivity index (χ0n) is 21.0. The zero-order chi connectivity index (χ0) is 26.3. The highest BCUT2D eigenvalue weighted by Gasteiger charge is 2.32. The summed E-state index contributed by atoms with van der Waals surface area (Å²) in [6.45, 7) is 0.388. The molecule has 0 radical (unpaired) electrons. The Morgan fingerprint density at radius 1 is 0.946 bits per heavy atom. The summed E-state index contributed by atoms with van der Waals surface area (Å²) < 4.78 is 46.8. The van der Waals surface area contributed by atoms with E-state index in [1.807, 2.05) is 24.3 Å². The molecule has 0 bridgehead atoms. The first-order chi connectivity index (χ1) is 17.6. The highest BCUT2D eigenvalue weighted by Crippen LogP contribution is 2.44. The van der Waals surface area contributed by atoms with Crippen molar-refractivity contribution in [2.45, 2.75) is 26.3 Å². The Labute approximate surface area is 215 Å². The van der Waals surface area contributed by atoms with Gasteiger partial charge in [0.05, 0.1) is 0 Å². The highest BCUT2D eigenvalue weighted by atomic mass is 19.4. The lowest BCUT2D eigenvalue weighted by Gasteiger charge is -2.35. The maximum absolute atomic E-state index is 13.7. The standard InChI is InChI=1S/C28H30BF3N3O2/c1-18-20(15-26(33)19(2)27(18)29(30,31)32)16-34-11-13-35(14-12-34)28(36)37-17-25-23-9-5-3-7-21(23)22-8-4-6-10-24(22)25/h3-10,15,25H,11-14,16-17,33H2,1-2H3/q-1. The summed E-state index contributed by atoms with van der Waals surface area (Å²) in [5, 5.41) is 0. The number of nitrogens with two attached hydrogens (primary N) is 1. The Morgan fingerprint density at radius 2 is 1.51 bits per heavy atom. The van der Waals surface area contributed by atoms with Gasteiger partial charge in [-0.15, -0.1) is 5.46 Å². The lowest BCUT2D eigenvalue weighted by Crippen LogP contribution is -2.49. The summed E-state index contributed by atoms with van der Waals surface area (Å²) in [6, 6.07) is 18.0. The van der Waals surface area contributed by atoms with Crippen LogP contribution >= 0.6 is 0 Å². The fraction of sp³-hybridized carbons (Fsp3) is 0.321. The van der Waals surface area contributed by atoms with E-state index in [1.54, 1.807) is 11.0 Å². The summed E-state index contributed by atoms with van der Waals surface area (Å²) in [6.07, 6.45) is -0.362. The molecule has 1 aliphatic carbocycles. The van der Waals surface area contributed by atoms with E-state index >= 15 is 0 Å². The number of benzene rings is 3. The minimum atomic E-state index is -5.16. The number of halogens is 3. The van der Waals surface area contributed by atoms with Crippen LogP contribution in [0.25, 0.3) is 11.1 Å². The summed E-state index contributed by atoms with van der Waals surface area (Å²) in [4.78, 5) is 16.6. The molecule has 3 aromatic carbocycles. The third-order valence-electron chi connectivity index (χ3n) is 7.74. The van der Waals surface area contributed by atoms with Gasteiger partial charge in [0.15, 0.2) is 0 Å². The second-order valence-electron chi connectivity index (χ2n) is 9.93. The largest absolute Gasteiger partial charge is 0.510 e. The molecule has 3 aromatic rings. The number of carbonyl (C=O) groups is 1. The Bertz CT molecular complexity index is 1290. The second kappa shape index (κ2) is 9.78. The predicted molar refractivity (Wildman–Crippen MR) is 141 cm³/mol. The van der Waals surface area contributed by atoms with Gasteiger partial charge in [-0.05, 0) is 47.7 Å². The second-order valence-corrected chi connectivity index (χ2v) is 9.93. The molecular weight excluding hydrogens is 478 g/mol. The first-order valence-corrected chi connectivity index (χ1v) is 12.6. The van der Waals surface area contributed by atoms with Gasteiger partial charge in [-0.25, -0.2) is 4.79 Å². The van der Waals surface area contributed by atoms with E-state index in [9.17, 15) is 17.7 Å². The lowest BCUT2D eigenvalue weighted by atomic mass is 9.72. The van der Waals surface area contributed by atoms with Gasteiger partial charge in [0.25, 0.3) is 0 Å². The van der Waals surface area contributed by atoms with E-state index in [0.29, 0.717) is 38.3 Å². The highest BCUT2D eigenvalue weighted by molar-refractivity contribution is 6.74. The van der Waals surface area contributed by atoms with Crippen molar-refractivity contribution in [2.24, 2.45) is 0 Å². The monoisotopic (exact) mass is 508 g/mol. The van der Waals surface area contributed by atoms with Crippen LogP contribution in [0.2, 0.25) is 0 Å². The van der Waals surface area contributed by atoms with Crippen LogP contribution in [0.1, 0.15) is 33.7 Å². The van der Waals surface area contributed by atoms with Crippen molar-refractivity contribution in [3.63, 3.8) is 0 Å². The molecule has 9 heteroatoms. The van der Waals surface area contributed by atoms with Gasteiger partial charge in [-0.3, -0.25) is 4.90 Å². The Hall–Kier alpha value is -3.46. The fourth-order valence-electron chi connectivity index (χ4n) is 5.68. The molecule has 0 aromatic heterocycles. The zero-order valence-corrected chi connectivity index (χ0v) is 21.0. The molecule has 5 rings (SSSR count). The van der Waals surface area contributed by atoms with Crippen molar-refractivity contribution in [3.05, 3.63) is 82.4 Å². The number of ether oxygens (including phenoxy) is 1. The van der Waals surface area contributed by atoms with Gasteiger partial charge >= 0.3 is 13.1 Å². The van der Waals surface area contributed by atoms with Crippen LogP contribution < -0.4 is 11.2 Å². The number of fused-ring (bicyclic) bond motifs is 3. The van der Waals surface area contributed by atoms with Crippen molar-refractivity contribution >= 4 is 24.2 Å². The number of rotatable bonds is 5. The average molecular weight is 508 g/mol. The van der Waals surface area contributed by atoms with Gasteiger partial charge in [0.1, 0.15) is 6.61 Å². The Kier molecular flexibility index (Phi) is 6.66. The molecular formula is C28H30BF3N3O2-. The third-order valence-corrected chi connectivity index (χ3v) is 7.74. The molecule has 0 spiro atoms. The number of nitrogen functional groups attached to an aromatic ring is 1. The summed E-state index contributed by atoms with van der Waals surface area (Å²) in [5.74, 6) is -0.00274. The molecule has 0 unspecified atom stereocenters. The van der Waals surface area contributed by atoms with Crippen molar-refractivity contribution in [1.82, 2.24) is 9.80 Å². The van der Waals surface area contributed by atoms with Gasteiger partial charge in [0, 0.05) is 44.3 Å². The number of anilines is 1. The van der Waals surface area contributed by atoms with Crippen molar-refractivity contribution in [2.75, 3.05) is 38.5 Å². The smallest absolute Gasteiger partial charge is 0.448 e. The van der Waals surface area contributed by atoms with Crippen molar-refractivity contribution in [3.8, 4) is 11.1 Å². The summed E-state index contributed by atoms with van der Waals surface area (Å²) in [5.41, 5.74) is 11.1. The predicted octanol–water partition coefficient (Wildman–Crippen LogP) is 5.01. The molecule has 5 nitrogen and oxygen atoms in total. The number of carbonyl (C=O) groups excluding carboxylic acids is 1. The first-order valence-electron chi connectivity index (χ1n) is 12.6. The molecule has 0 saturated carbocycles. The lowest BCUT2D eigenvalue weighted by molar-refractivity contribution is 0.0728. The maximum Gasteiger partial charge on any atom is 0.510 e. The normalized spacial score (nSPS) is 16.0. The van der Waals surface area contributed by atoms with Crippen LogP contribution in [0, 0.1) is 13.8 Å². The SMILES string of the molecule is Cc1c(N)cc(CN2CCN(C(=O)OCC3c4ccccc4-c4ccccc43)CC2)c(C)c1[B-](F)(F)F. The van der Waals surface area contributed by atoms with E-state index in [-0.39, 0.29) is 35.4 Å². The van der Waals surface area contributed by atoms with E-state index in [0.717, 1.165) is 11.1 Å². The van der Waals surface area contributed by atoms with Crippen LogP contribution in [0.3, 0.4) is 0 Å². The maximum atomic E-state index is 13.7. The molecule has 0 atom stereocenters. The van der Waals surface area contributed by atoms with Crippen LogP contribution in [-0.4, -0.2) is 55.7 Å². The van der Waals surface area contributed by atoms with E-state index in [1.165, 1.54) is 25.0 Å². The van der Waals surface area contributed by atoms with Crippen LogP contribution in [0.4, 0.5) is 23.4 Å². The molecule has 37 heavy (non-hydrogen) atoms. The van der Waals surface area contributed by atoms with Crippen LogP contribution in [0.15, 0.2) is 54.6 Å². The number of piperazine rings is 1. The van der Waals surface area contributed by atoms with E-state index < -0.39 is 12.4 Å².